The van der Waals surface area contributed by atoms with Crippen molar-refractivity contribution in [1.82, 2.24) is 5.32 Å². The first kappa shape index (κ1) is 12.5. The first-order chi connectivity index (χ1) is 7.56. The molecule has 4 N–H and O–H groups in total. The third-order valence-electron chi connectivity index (χ3n) is 2.54. The summed E-state index contributed by atoms with van der Waals surface area (Å²) in [6.45, 7) is 3.97. The molecule has 4 nitrogen and oxygen atoms in total. The number of nitrogen functional groups attached to an aromatic ring is 1. The van der Waals surface area contributed by atoms with Gasteiger partial charge in [0.25, 0.3) is 5.91 Å². The van der Waals surface area contributed by atoms with Gasteiger partial charge >= 0.3 is 0 Å². The van der Waals surface area contributed by atoms with Gasteiger partial charge in [-0.15, -0.1) is 0 Å². The molecule has 4 heteroatoms. The molecular formula is C12H18N2O2. The van der Waals surface area contributed by atoms with Gasteiger partial charge in [0.05, 0.1) is 11.7 Å². The Morgan fingerprint density at radius 3 is 2.88 bits per heavy atom. The lowest BCUT2D eigenvalue weighted by Crippen LogP contribution is -2.32. The summed E-state index contributed by atoms with van der Waals surface area (Å²) in [6, 6.07) is 5.32. The van der Waals surface area contributed by atoms with Gasteiger partial charge in [-0.2, -0.15) is 0 Å². The third kappa shape index (κ3) is 2.97. The molecule has 0 aliphatic heterocycles. The topological polar surface area (TPSA) is 75.3 Å². The second kappa shape index (κ2) is 5.51. The lowest BCUT2D eigenvalue weighted by atomic mass is 10.1. The smallest absolute Gasteiger partial charge is 0.253 e. The zero-order chi connectivity index (χ0) is 12.1. The van der Waals surface area contributed by atoms with Crippen molar-refractivity contribution in [1.29, 1.82) is 0 Å². The molecule has 0 bridgehead atoms. The number of amides is 1. The molecule has 0 aliphatic rings. The molecule has 1 aromatic rings. The summed E-state index contributed by atoms with van der Waals surface area (Å²) in [6.07, 6.45) is 0.110. The second-order valence-corrected chi connectivity index (χ2v) is 3.81. The number of carbonyl (C=O) groups excluding carboxylic acids is 1. The Morgan fingerprint density at radius 1 is 1.56 bits per heavy atom. The van der Waals surface area contributed by atoms with Crippen LogP contribution in [0, 0.1) is 6.92 Å². The summed E-state index contributed by atoms with van der Waals surface area (Å²) in [7, 11) is 0. The Morgan fingerprint density at radius 2 is 2.25 bits per heavy atom. The van der Waals surface area contributed by atoms with E-state index in [0.717, 1.165) is 5.56 Å². The third-order valence-corrected chi connectivity index (χ3v) is 2.54. The summed E-state index contributed by atoms with van der Waals surface area (Å²) in [4.78, 5) is 11.7. The molecule has 0 saturated heterocycles. The summed E-state index contributed by atoms with van der Waals surface area (Å²) in [5, 5.41) is 12.0. The summed E-state index contributed by atoms with van der Waals surface area (Å²) >= 11 is 0. The van der Waals surface area contributed by atoms with Crippen LogP contribution in [0.4, 0.5) is 5.69 Å². The quantitative estimate of drug-likeness (QED) is 0.667. The van der Waals surface area contributed by atoms with Crippen molar-refractivity contribution in [3.05, 3.63) is 29.3 Å². The van der Waals surface area contributed by atoms with Crippen molar-refractivity contribution in [2.75, 3.05) is 12.3 Å². The van der Waals surface area contributed by atoms with Crippen LogP contribution in [0.5, 0.6) is 0 Å². The number of aliphatic hydroxyl groups excluding tert-OH is 1. The summed E-state index contributed by atoms with van der Waals surface area (Å²) in [5.74, 6) is -0.242. The van der Waals surface area contributed by atoms with Gasteiger partial charge in [-0.3, -0.25) is 4.79 Å². The highest BCUT2D eigenvalue weighted by atomic mass is 16.3. The van der Waals surface area contributed by atoms with Crippen LogP contribution in [-0.4, -0.2) is 23.7 Å². The highest BCUT2D eigenvalue weighted by Crippen LogP contribution is 2.15. The van der Waals surface area contributed by atoms with Gasteiger partial charge in [0, 0.05) is 12.2 Å². The number of hydrogen-bond donors (Lipinski definition) is 3. The first-order valence-electron chi connectivity index (χ1n) is 5.37. The molecule has 0 heterocycles. The van der Waals surface area contributed by atoms with Crippen LogP contribution in [0.1, 0.15) is 29.3 Å². The maximum Gasteiger partial charge on any atom is 0.253 e. The number of anilines is 1. The van der Waals surface area contributed by atoms with Crippen molar-refractivity contribution in [2.24, 2.45) is 0 Å². The Bertz CT molecular complexity index is 377. The SMILES string of the molecule is CCC(O)CNC(=O)c1cccc(C)c1N. The number of aryl methyl sites for hydroxylation is 1. The average molecular weight is 222 g/mol. The average Bonchev–Trinajstić information content (AvgIpc) is 2.29. The molecular weight excluding hydrogens is 204 g/mol. The van der Waals surface area contributed by atoms with E-state index < -0.39 is 6.10 Å². The van der Waals surface area contributed by atoms with Crippen LogP contribution in [0.25, 0.3) is 0 Å². The first-order valence-corrected chi connectivity index (χ1v) is 5.37. The predicted molar refractivity (Wildman–Crippen MR) is 64.2 cm³/mol. The molecule has 1 amide bonds. The highest BCUT2D eigenvalue weighted by molar-refractivity contribution is 5.99. The van der Waals surface area contributed by atoms with Gasteiger partial charge in [-0.25, -0.2) is 0 Å². The number of para-hydroxylation sites is 1. The van der Waals surface area contributed by atoms with Crippen LogP contribution in [0.2, 0.25) is 0 Å². The largest absolute Gasteiger partial charge is 0.398 e. The second-order valence-electron chi connectivity index (χ2n) is 3.81. The number of nitrogens with two attached hydrogens (primary N) is 1. The minimum atomic E-state index is -0.505. The molecule has 0 saturated carbocycles. The summed E-state index contributed by atoms with van der Waals surface area (Å²) in [5.41, 5.74) is 7.63. The molecule has 16 heavy (non-hydrogen) atoms. The van der Waals surface area contributed by atoms with E-state index in [2.05, 4.69) is 5.32 Å². The number of aliphatic hydroxyl groups is 1. The Hall–Kier alpha value is -1.55. The molecule has 1 aromatic carbocycles. The lowest BCUT2D eigenvalue weighted by molar-refractivity contribution is 0.0914. The summed E-state index contributed by atoms with van der Waals surface area (Å²) < 4.78 is 0. The monoisotopic (exact) mass is 222 g/mol. The van der Waals surface area contributed by atoms with Crippen molar-refractivity contribution < 1.29 is 9.90 Å². The van der Waals surface area contributed by atoms with Crippen LogP contribution in [0.3, 0.4) is 0 Å². The molecule has 1 unspecified atom stereocenters. The predicted octanol–water partition coefficient (Wildman–Crippen LogP) is 1.08. The van der Waals surface area contributed by atoms with Crippen molar-refractivity contribution in [3.8, 4) is 0 Å². The van der Waals surface area contributed by atoms with Crippen molar-refractivity contribution in [3.63, 3.8) is 0 Å². The van der Waals surface area contributed by atoms with E-state index in [1.54, 1.807) is 12.1 Å². The lowest BCUT2D eigenvalue weighted by Gasteiger charge is -2.11. The Balaban J connectivity index is 2.70. The number of hydrogen-bond acceptors (Lipinski definition) is 3. The van der Waals surface area contributed by atoms with E-state index in [0.29, 0.717) is 17.7 Å². The Kier molecular flexibility index (Phi) is 4.31. The van der Waals surface area contributed by atoms with Crippen LogP contribution in [0.15, 0.2) is 18.2 Å². The molecule has 0 aromatic heterocycles. The van der Waals surface area contributed by atoms with Crippen LogP contribution in [-0.2, 0) is 0 Å². The molecule has 88 valence electrons. The fourth-order valence-electron chi connectivity index (χ4n) is 1.33. The van der Waals surface area contributed by atoms with E-state index in [4.69, 9.17) is 5.73 Å². The van der Waals surface area contributed by atoms with Gasteiger partial charge in [0.2, 0.25) is 0 Å². The molecule has 1 atom stereocenters. The standard InChI is InChI=1S/C12H18N2O2/c1-3-9(15)7-14-12(16)10-6-4-5-8(2)11(10)13/h4-6,9,15H,3,7,13H2,1-2H3,(H,14,16). The van der Waals surface area contributed by atoms with Crippen molar-refractivity contribution in [2.45, 2.75) is 26.4 Å². The van der Waals surface area contributed by atoms with Crippen LogP contribution < -0.4 is 11.1 Å². The minimum Gasteiger partial charge on any atom is -0.398 e. The fourth-order valence-corrected chi connectivity index (χ4v) is 1.33. The molecule has 0 spiro atoms. The minimum absolute atomic E-state index is 0.242. The van der Waals surface area contributed by atoms with E-state index in [1.807, 2.05) is 19.9 Å². The van der Waals surface area contributed by atoms with E-state index in [-0.39, 0.29) is 12.5 Å². The van der Waals surface area contributed by atoms with Gasteiger partial charge < -0.3 is 16.2 Å². The Labute approximate surface area is 95.5 Å². The molecule has 0 fully saturated rings. The van der Waals surface area contributed by atoms with Gasteiger partial charge in [0.1, 0.15) is 0 Å². The van der Waals surface area contributed by atoms with E-state index >= 15 is 0 Å². The highest BCUT2D eigenvalue weighted by Gasteiger charge is 2.11. The van der Waals surface area contributed by atoms with E-state index in [9.17, 15) is 9.90 Å². The fraction of sp³-hybridized carbons (Fsp3) is 0.417. The number of rotatable bonds is 4. The van der Waals surface area contributed by atoms with E-state index in [1.165, 1.54) is 0 Å². The number of benzene rings is 1. The molecule has 0 radical (unpaired) electrons. The van der Waals surface area contributed by atoms with Crippen LogP contribution >= 0.6 is 0 Å². The zero-order valence-corrected chi connectivity index (χ0v) is 9.66. The molecule has 1 rings (SSSR count). The maximum absolute atomic E-state index is 11.7. The van der Waals surface area contributed by atoms with Gasteiger partial charge in [-0.1, -0.05) is 19.1 Å². The number of carbonyl (C=O) groups is 1. The zero-order valence-electron chi connectivity index (χ0n) is 9.66. The van der Waals surface area contributed by atoms with Gasteiger partial charge in [-0.05, 0) is 25.0 Å². The normalized spacial score (nSPS) is 12.2. The number of nitrogens with one attached hydrogen (secondary N) is 1. The van der Waals surface area contributed by atoms with Gasteiger partial charge in [0.15, 0.2) is 0 Å². The molecule has 0 aliphatic carbocycles. The van der Waals surface area contributed by atoms with Crippen molar-refractivity contribution >= 4 is 11.6 Å². The maximum atomic E-state index is 11.7.